The van der Waals surface area contributed by atoms with Crippen LogP contribution in [0.2, 0.25) is 0 Å². The number of nitrogens with one attached hydrogen (secondary N) is 1. The number of halogens is 3. The minimum Gasteiger partial charge on any atom is -0.460 e. The summed E-state index contributed by atoms with van der Waals surface area (Å²) in [7, 11) is -2.07. The summed E-state index contributed by atoms with van der Waals surface area (Å²) in [6.07, 6.45) is 11.8. The SMILES string of the molecule is Cn1cc2c3c(c[nH]c3c1=O)CN(c1ncc(F)cc1F)c1cc(C(=O)N(CCCl)CCCCCCCCCC(=O)OC(C)(C)C)c(CS(C)(=O)=O)cc1-2. The summed E-state index contributed by atoms with van der Waals surface area (Å²) in [5, 5.41) is 0.570. The van der Waals surface area contributed by atoms with E-state index in [0.29, 0.717) is 52.7 Å². The van der Waals surface area contributed by atoms with Gasteiger partial charge < -0.3 is 24.1 Å². The third kappa shape index (κ3) is 9.86. The molecule has 0 unspecified atom stereocenters. The summed E-state index contributed by atoms with van der Waals surface area (Å²) in [6.45, 7) is 6.15. The Morgan fingerprint density at radius 1 is 1.02 bits per heavy atom. The van der Waals surface area contributed by atoms with Crippen LogP contribution in [0.5, 0.6) is 0 Å². The van der Waals surface area contributed by atoms with Crippen molar-refractivity contribution < 1.29 is 31.5 Å². The molecule has 0 saturated carbocycles. The number of amides is 1. The quantitative estimate of drug-likeness (QED) is 0.0700. The van der Waals surface area contributed by atoms with Crippen molar-refractivity contribution in [2.45, 2.75) is 90.0 Å². The second-order valence-corrected chi connectivity index (χ2v) is 17.5. The van der Waals surface area contributed by atoms with E-state index in [1.165, 1.54) is 9.47 Å². The van der Waals surface area contributed by atoms with Gasteiger partial charge in [0.2, 0.25) is 0 Å². The van der Waals surface area contributed by atoms with Crippen LogP contribution in [0.4, 0.5) is 20.3 Å². The first-order valence-corrected chi connectivity index (χ1v) is 20.8. The Kier molecular flexibility index (Phi) is 12.9. The van der Waals surface area contributed by atoms with E-state index in [0.717, 1.165) is 57.0 Å². The first-order valence-electron chi connectivity index (χ1n) is 18.2. The number of fused-ring (bicyclic) bond motifs is 2. The average Bonchev–Trinajstić information content (AvgIpc) is 3.44. The normalized spacial score (nSPS) is 12.9. The number of hydrogen-bond acceptors (Lipinski definition) is 8. The fourth-order valence-electron chi connectivity index (χ4n) is 6.92. The molecule has 5 rings (SSSR count). The average molecular weight is 788 g/mol. The van der Waals surface area contributed by atoms with Crippen LogP contribution >= 0.6 is 11.6 Å². The predicted molar refractivity (Wildman–Crippen MR) is 207 cm³/mol. The first-order chi connectivity index (χ1) is 25.5. The van der Waals surface area contributed by atoms with E-state index in [4.69, 9.17) is 16.3 Å². The molecule has 54 heavy (non-hydrogen) atoms. The lowest BCUT2D eigenvalue weighted by atomic mass is 9.95. The number of aryl methyl sites for hydroxylation is 1. The molecule has 4 heterocycles. The van der Waals surface area contributed by atoms with Crippen molar-refractivity contribution in [1.82, 2.24) is 19.4 Å². The molecule has 0 saturated heterocycles. The molecule has 4 aromatic rings. The van der Waals surface area contributed by atoms with Crippen LogP contribution in [0.1, 0.15) is 93.6 Å². The molecule has 3 aromatic heterocycles. The Hall–Kier alpha value is -4.30. The number of alkyl halides is 1. The van der Waals surface area contributed by atoms with Gasteiger partial charge in [0, 0.05) is 79.2 Å². The number of carbonyl (C=O) groups excluding carboxylic acids is 2. The second-order valence-electron chi connectivity index (χ2n) is 15.0. The van der Waals surface area contributed by atoms with E-state index < -0.39 is 38.7 Å². The minimum atomic E-state index is -3.66. The van der Waals surface area contributed by atoms with E-state index in [1.54, 1.807) is 36.5 Å². The summed E-state index contributed by atoms with van der Waals surface area (Å²) < 4.78 is 62.0. The monoisotopic (exact) mass is 787 g/mol. The highest BCUT2D eigenvalue weighted by atomic mass is 35.5. The van der Waals surface area contributed by atoms with Gasteiger partial charge in [0.05, 0.1) is 24.2 Å². The summed E-state index contributed by atoms with van der Waals surface area (Å²) in [5.41, 5.74) is 1.85. The maximum Gasteiger partial charge on any atom is 0.306 e. The maximum absolute atomic E-state index is 15.5. The van der Waals surface area contributed by atoms with Crippen molar-refractivity contribution in [3.63, 3.8) is 0 Å². The lowest BCUT2D eigenvalue weighted by Crippen LogP contribution is -2.34. The Labute approximate surface area is 319 Å². The van der Waals surface area contributed by atoms with Crippen molar-refractivity contribution in [3.8, 4) is 11.1 Å². The van der Waals surface area contributed by atoms with Crippen LogP contribution in [0.25, 0.3) is 22.0 Å². The smallest absolute Gasteiger partial charge is 0.306 e. The predicted octanol–water partition coefficient (Wildman–Crippen LogP) is 7.55. The highest BCUT2D eigenvalue weighted by molar-refractivity contribution is 7.89. The van der Waals surface area contributed by atoms with Gasteiger partial charge in [0.15, 0.2) is 21.5 Å². The van der Waals surface area contributed by atoms with Gasteiger partial charge in [-0.3, -0.25) is 14.4 Å². The highest BCUT2D eigenvalue weighted by Crippen LogP contribution is 2.45. The molecule has 1 N–H and O–H groups in total. The van der Waals surface area contributed by atoms with Crippen LogP contribution in [-0.4, -0.2) is 70.6 Å². The van der Waals surface area contributed by atoms with Gasteiger partial charge in [-0.25, -0.2) is 22.2 Å². The molecule has 0 aliphatic carbocycles. The summed E-state index contributed by atoms with van der Waals surface area (Å²) in [4.78, 5) is 49.7. The van der Waals surface area contributed by atoms with E-state index in [2.05, 4.69) is 9.97 Å². The molecule has 0 radical (unpaired) electrons. The number of rotatable bonds is 16. The van der Waals surface area contributed by atoms with Gasteiger partial charge in [-0.2, -0.15) is 0 Å². The Morgan fingerprint density at radius 2 is 1.70 bits per heavy atom. The van der Waals surface area contributed by atoms with Crippen LogP contribution in [0, 0.1) is 11.6 Å². The van der Waals surface area contributed by atoms with Crippen molar-refractivity contribution in [3.05, 3.63) is 75.5 Å². The number of sulfone groups is 1. The number of esters is 1. The number of pyridine rings is 2. The third-order valence-corrected chi connectivity index (χ3v) is 10.3. The van der Waals surface area contributed by atoms with Gasteiger partial charge in [-0.1, -0.05) is 32.1 Å². The number of carbonyl (C=O) groups is 2. The molecule has 1 amide bonds. The highest BCUT2D eigenvalue weighted by Gasteiger charge is 2.31. The number of anilines is 2. The molecular weight excluding hydrogens is 740 g/mol. The largest absolute Gasteiger partial charge is 0.460 e. The number of ether oxygens (including phenoxy) is 1. The van der Waals surface area contributed by atoms with Crippen molar-refractivity contribution in [2.75, 3.05) is 30.1 Å². The first kappa shape index (κ1) is 40.9. The fourth-order valence-corrected chi connectivity index (χ4v) is 7.93. The number of unbranched alkanes of at least 4 members (excludes halogenated alkanes) is 6. The van der Waals surface area contributed by atoms with Crippen molar-refractivity contribution >= 4 is 55.7 Å². The molecule has 0 fully saturated rings. The standard InChI is InChI=1S/C39H48ClF2N5O6S/c1-39(2,3)53-33(48)13-11-9-7-6-8-10-12-15-46(16-14-40)37(49)28-19-32-29(17-25(28)24-54(5,51)52)30-23-45(4)38(50)35-34(30)26(20-43-35)22-47(32)36-31(42)18-27(41)21-44-36/h17-21,23,43H,6-16,22,24H2,1-5H3. The second kappa shape index (κ2) is 17.0. The number of benzene rings is 1. The van der Waals surface area contributed by atoms with Crippen LogP contribution in [-0.2, 0) is 38.7 Å². The van der Waals surface area contributed by atoms with Crippen molar-refractivity contribution in [1.29, 1.82) is 0 Å². The van der Waals surface area contributed by atoms with Gasteiger partial charge in [-0.05, 0) is 56.9 Å². The third-order valence-electron chi connectivity index (χ3n) is 9.28. The van der Waals surface area contributed by atoms with Crippen LogP contribution in [0.3, 0.4) is 0 Å². The van der Waals surface area contributed by atoms with Gasteiger partial charge in [0.1, 0.15) is 16.9 Å². The molecule has 1 aliphatic heterocycles. The van der Waals surface area contributed by atoms with Gasteiger partial charge >= 0.3 is 5.97 Å². The van der Waals surface area contributed by atoms with Crippen LogP contribution in [0.15, 0.2) is 41.6 Å². The molecule has 0 atom stereocenters. The number of H-pyrrole nitrogens is 1. The number of hydrogen-bond donors (Lipinski definition) is 1. The van der Waals surface area contributed by atoms with Gasteiger partial charge in [-0.15, -0.1) is 11.6 Å². The fraction of sp³-hybridized carbons (Fsp3) is 0.487. The number of nitrogens with zero attached hydrogens (tertiary/aromatic N) is 4. The summed E-state index contributed by atoms with van der Waals surface area (Å²) in [6, 6.07) is 3.88. The molecule has 11 nitrogen and oxygen atoms in total. The molecule has 0 bridgehead atoms. The number of aromatic amines is 1. The Balaban J connectivity index is 1.43. The molecule has 1 aromatic carbocycles. The lowest BCUT2D eigenvalue weighted by Gasteiger charge is -2.28. The van der Waals surface area contributed by atoms with Crippen molar-refractivity contribution in [2.24, 2.45) is 7.05 Å². The lowest BCUT2D eigenvalue weighted by molar-refractivity contribution is -0.154. The Bertz CT molecular complexity index is 2200. The zero-order chi connectivity index (χ0) is 39.4. The molecular formula is C39H48ClF2N5O6S. The van der Waals surface area contributed by atoms with E-state index in [-0.39, 0.29) is 47.4 Å². The summed E-state index contributed by atoms with van der Waals surface area (Å²) >= 11 is 6.18. The van der Waals surface area contributed by atoms with E-state index in [9.17, 15) is 27.2 Å². The van der Waals surface area contributed by atoms with Crippen LogP contribution < -0.4 is 10.5 Å². The zero-order valence-corrected chi connectivity index (χ0v) is 33.0. The Morgan fingerprint density at radius 3 is 2.35 bits per heavy atom. The molecule has 292 valence electrons. The van der Waals surface area contributed by atoms with E-state index >= 15 is 4.39 Å². The molecule has 15 heteroatoms. The number of aromatic nitrogens is 3. The molecule has 0 spiro atoms. The maximum atomic E-state index is 15.5. The topological polar surface area (TPSA) is 135 Å². The van der Waals surface area contributed by atoms with E-state index in [1.807, 2.05) is 20.8 Å². The zero-order valence-electron chi connectivity index (χ0n) is 31.4. The minimum absolute atomic E-state index is 0.00811. The summed E-state index contributed by atoms with van der Waals surface area (Å²) in [5.74, 6) is -2.93. The molecule has 1 aliphatic rings. The van der Waals surface area contributed by atoms with Gasteiger partial charge in [0.25, 0.3) is 11.5 Å².